The molecule has 2 rings (SSSR count). The summed E-state index contributed by atoms with van der Waals surface area (Å²) in [4.78, 5) is 0.186. The molecule has 0 heterocycles. The third kappa shape index (κ3) is 3.61. The smallest absolute Gasteiger partial charge is 0.262 e. The molecule has 2 aromatic rings. The Bertz CT molecular complexity index is 807. The van der Waals surface area contributed by atoms with Crippen LogP contribution in [0.25, 0.3) is 0 Å². The molecule has 0 aliphatic carbocycles. The van der Waals surface area contributed by atoms with Crippen LogP contribution in [0.2, 0.25) is 5.02 Å². The molecule has 21 heavy (non-hydrogen) atoms. The Kier molecular flexibility index (Phi) is 4.69. The highest BCUT2D eigenvalue weighted by molar-refractivity contribution is 14.1. The van der Waals surface area contributed by atoms with E-state index in [1.165, 1.54) is 6.07 Å². The van der Waals surface area contributed by atoms with Gasteiger partial charge in [-0.1, -0.05) is 11.6 Å². The lowest BCUT2D eigenvalue weighted by Crippen LogP contribution is -2.16. The van der Waals surface area contributed by atoms with E-state index in [1.807, 2.05) is 29.5 Å². The van der Waals surface area contributed by atoms with Gasteiger partial charge in [0.2, 0.25) is 0 Å². The molecule has 0 saturated heterocycles. The normalized spacial score (nSPS) is 11.4. The Morgan fingerprint density at radius 1 is 1.19 bits per heavy atom. The Balaban J connectivity index is 2.48. The first-order valence-corrected chi connectivity index (χ1v) is 8.99. The predicted molar refractivity (Wildman–Crippen MR) is 95.3 cm³/mol. The number of hydrogen-bond acceptors (Lipinski definition) is 3. The maximum absolute atomic E-state index is 12.6. The molecular weight excluding hydrogens is 423 g/mol. The second-order valence-electron chi connectivity index (χ2n) is 4.69. The van der Waals surface area contributed by atoms with Crippen LogP contribution in [0.15, 0.2) is 35.2 Å². The van der Waals surface area contributed by atoms with Crippen molar-refractivity contribution in [2.24, 2.45) is 0 Å². The SMILES string of the molecule is Cc1cc(N)cc(S(=O)(=O)Nc2ccc(Cl)cc2I)c1C. The minimum absolute atomic E-state index is 0.186. The first-order chi connectivity index (χ1) is 9.70. The fraction of sp³-hybridized carbons (Fsp3) is 0.143. The molecule has 2 aromatic carbocycles. The van der Waals surface area contributed by atoms with Crippen molar-refractivity contribution in [2.45, 2.75) is 18.7 Å². The predicted octanol–water partition coefficient (Wildman–Crippen LogP) is 3.94. The lowest BCUT2D eigenvalue weighted by atomic mass is 10.1. The van der Waals surface area contributed by atoms with Crippen molar-refractivity contribution in [1.29, 1.82) is 0 Å². The average molecular weight is 437 g/mol. The highest BCUT2D eigenvalue weighted by Gasteiger charge is 2.19. The molecule has 4 nitrogen and oxygen atoms in total. The summed E-state index contributed by atoms with van der Waals surface area (Å²) in [6.07, 6.45) is 0. The number of benzene rings is 2. The minimum Gasteiger partial charge on any atom is -0.399 e. The van der Waals surface area contributed by atoms with E-state index in [0.717, 1.165) is 9.13 Å². The van der Waals surface area contributed by atoms with Crippen molar-refractivity contribution in [2.75, 3.05) is 10.5 Å². The topological polar surface area (TPSA) is 72.2 Å². The van der Waals surface area contributed by atoms with Crippen LogP contribution in [0.4, 0.5) is 11.4 Å². The summed E-state index contributed by atoms with van der Waals surface area (Å²) in [5.41, 5.74) is 8.18. The van der Waals surface area contributed by atoms with Crippen molar-refractivity contribution < 1.29 is 8.42 Å². The summed E-state index contributed by atoms with van der Waals surface area (Å²) in [6.45, 7) is 3.59. The molecular formula is C14H14ClIN2O2S. The van der Waals surface area contributed by atoms with Crippen molar-refractivity contribution >= 4 is 55.6 Å². The molecule has 0 fully saturated rings. The van der Waals surface area contributed by atoms with Crippen LogP contribution in [-0.2, 0) is 10.0 Å². The fourth-order valence-corrected chi connectivity index (χ4v) is 4.53. The summed E-state index contributed by atoms with van der Waals surface area (Å²) in [5.74, 6) is 0. The maximum atomic E-state index is 12.6. The van der Waals surface area contributed by atoms with E-state index in [-0.39, 0.29) is 4.90 Å². The third-order valence-electron chi connectivity index (χ3n) is 3.11. The van der Waals surface area contributed by atoms with Crippen molar-refractivity contribution in [3.8, 4) is 0 Å². The largest absolute Gasteiger partial charge is 0.399 e. The Labute approximate surface area is 142 Å². The van der Waals surface area contributed by atoms with E-state index in [9.17, 15) is 8.42 Å². The van der Waals surface area contributed by atoms with Crippen molar-refractivity contribution in [3.05, 3.63) is 50.1 Å². The molecule has 0 aliphatic heterocycles. The van der Waals surface area contributed by atoms with E-state index >= 15 is 0 Å². The van der Waals surface area contributed by atoms with Gasteiger partial charge >= 0.3 is 0 Å². The zero-order valence-corrected chi connectivity index (χ0v) is 15.2. The van der Waals surface area contributed by atoms with Gasteiger partial charge in [0.25, 0.3) is 10.0 Å². The average Bonchev–Trinajstić information content (AvgIpc) is 2.37. The molecule has 0 atom stereocenters. The molecule has 0 spiro atoms. The Morgan fingerprint density at radius 2 is 1.86 bits per heavy atom. The molecule has 0 aromatic heterocycles. The van der Waals surface area contributed by atoms with Crippen LogP contribution in [0.5, 0.6) is 0 Å². The molecule has 3 N–H and O–H groups in total. The summed E-state index contributed by atoms with van der Waals surface area (Å²) < 4.78 is 28.4. The monoisotopic (exact) mass is 436 g/mol. The molecule has 0 bridgehead atoms. The van der Waals surface area contributed by atoms with Crippen LogP contribution >= 0.6 is 34.2 Å². The van der Waals surface area contributed by atoms with Gasteiger partial charge in [0.15, 0.2) is 0 Å². The quantitative estimate of drug-likeness (QED) is 0.565. The summed E-state index contributed by atoms with van der Waals surface area (Å²) >= 11 is 7.90. The van der Waals surface area contributed by atoms with Gasteiger partial charge in [0, 0.05) is 14.3 Å². The van der Waals surface area contributed by atoms with Crippen molar-refractivity contribution in [3.63, 3.8) is 0 Å². The number of nitrogens with one attached hydrogen (secondary N) is 1. The zero-order chi connectivity index (χ0) is 15.8. The van der Waals surface area contributed by atoms with Gasteiger partial charge < -0.3 is 5.73 Å². The number of sulfonamides is 1. The number of rotatable bonds is 3. The first kappa shape index (κ1) is 16.4. The highest BCUT2D eigenvalue weighted by atomic mass is 127. The Morgan fingerprint density at radius 3 is 2.48 bits per heavy atom. The van der Waals surface area contributed by atoms with Crippen LogP contribution in [0.1, 0.15) is 11.1 Å². The van der Waals surface area contributed by atoms with Gasteiger partial charge in [-0.25, -0.2) is 8.42 Å². The fourth-order valence-electron chi connectivity index (χ4n) is 1.90. The Hall–Kier alpha value is -0.990. The van der Waals surface area contributed by atoms with E-state index in [2.05, 4.69) is 4.72 Å². The standard InChI is InChI=1S/C14H14ClIN2O2S/c1-8-5-11(17)7-14(9(8)2)21(19,20)18-13-4-3-10(15)6-12(13)16/h3-7,18H,17H2,1-2H3. The van der Waals surface area contributed by atoms with Crippen LogP contribution in [-0.4, -0.2) is 8.42 Å². The van der Waals surface area contributed by atoms with E-state index in [1.54, 1.807) is 31.2 Å². The van der Waals surface area contributed by atoms with Crippen LogP contribution in [0.3, 0.4) is 0 Å². The molecule has 0 unspecified atom stereocenters. The summed E-state index contributed by atoms with van der Waals surface area (Å²) in [5, 5.41) is 0.554. The zero-order valence-electron chi connectivity index (χ0n) is 11.4. The second kappa shape index (κ2) is 6.02. The maximum Gasteiger partial charge on any atom is 0.262 e. The third-order valence-corrected chi connectivity index (χ3v) is 5.73. The second-order valence-corrected chi connectivity index (χ2v) is 7.94. The minimum atomic E-state index is -3.70. The highest BCUT2D eigenvalue weighted by Crippen LogP contribution is 2.28. The number of anilines is 2. The van der Waals surface area contributed by atoms with Gasteiger partial charge in [-0.3, -0.25) is 4.72 Å². The summed E-state index contributed by atoms with van der Waals surface area (Å²) in [6, 6.07) is 8.18. The molecule has 0 saturated carbocycles. The summed E-state index contributed by atoms with van der Waals surface area (Å²) in [7, 11) is -3.70. The molecule has 112 valence electrons. The van der Waals surface area contributed by atoms with Gasteiger partial charge in [-0.05, 0) is 77.9 Å². The van der Waals surface area contributed by atoms with E-state index < -0.39 is 10.0 Å². The lowest BCUT2D eigenvalue weighted by Gasteiger charge is -2.14. The van der Waals surface area contributed by atoms with Gasteiger partial charge in [0.1, 0.15) is 0 Å². The van der Waals surface area contributed by atoms with Gasteiger partial charge in [0.05, 0.1) is 10.6 Å². The van der Waals surface area contributed by atoms with Crippen LogP contribution < -0.4 is 10.5 Å². The molecule has 7 heteroatoms. The molecule has 0 amide bonds. The van der Waals surface area contributed by atoms with Crippen molar-refractivity contribution in [1.82, 2.24) is 0 Å². The first-order valence-electron chi connectivity index (χ1n) is 6.05. The van der Waals surface area contributed by atoms with E-state index in [0.29, 0.717) is 22.0 Å². The number of aryl methyl sites for hydroxylation is 1. The lowest BCUT2D eigenvalue weighted by molar-refractivity contribution is 0.600. The number of nitrogens with two attached hydrogens (primary N) is 1. The van der Waals surface area contributed by atoms with Gasteiger partial charge in [-0.15, -0.1) is 0 Å². The molecule has 0 radical (unpaired) electrons. The number of halogens is 2. The van der Waals surface area contributed by atoms with Crippen LogP contribution in [0, 0.1) is 17.4 Å². The molecule has 0 aliphatic rings. The number of nitrogen functional groups attached to an aromatic ring is 1. The van der Waals surface area contributed by atoms with E-state index in [4.69, 9.17) is 17.3 Å². The number of hydrogen-bond donors (Lipinski definition) is 2. The van der Waals surface area contributed by atoms with Gasteiger partial charge in [-0.2, -0.15) is 0 Å².